The van der Waals surface area contributed by atoms with E-state index in [1.165, 1.54) is 25.7 Å². The van der Waals surface area contributed by atoms with Crippen LogP contribution in [0.15, 0.2) is 0 Å². The average molecular weight is 239 g/mol. The van der Waals surface area contributed by atoms with E-state index in [4.69, 9.17) is 0 Å². The van der Waals surface area contributed by atoms with Crippen LogP contribution in [0.2, 0.25) is 0 Å². The van der Waals surface area contributed by atoms with Gasteiger partial charge in [0.15, 0.2) is 0 Å². The summed E-state index contributed by atoms with van der Waals surface area (Å²) in [4.78, 5) is 14.0. The SMILES string of the molecule is CCC(CC)(CN(CC1CC1)C1CC1)C(=O)O. The van der Waals surface area contributed by atoms with E-state index in [1.54, 1.807) is 0 Å². The summed E-state index contributed by atoms with van der Waals surface area (Å²) in [5.74, 6) is 0.250. The Labute approximate surface area is 104 Å². The molecule has 0 unspecified atom stereocenters. The minimum absolute atomic E-state index is 0.516. The Morgan fingerprint density at radius 3 is 2.18 bits per heavy atom. The summed E-state index contributed by atoms with van der Waals surface area (Å²) in [6.07, 6.45) is 6.73. The average Bonchev–Trinajstić information content (AvgIpc) is 3.16. The normalized spacial score (nSPS) is 20.9. The van der Waals surface area contributed by atoms with Crippen molar-refractivity contribution in [3.05, 3.63) is 0 Å². The standard InChI is InChI=1S/C14H25NO2/c1-3-14(4-2,13(16)17)10-15(12-7-8-12)9-11-5-6-11/h11-12H,3-10H2,1-2H3,(H,16,17). The van der Waals surface area contributed by atoms with E-state index in [1.807, 2.05) is 13.8 Å². The van der Waals surface area contributed by atoms with E-state index in [9.17, 15) is 9.90 Å². The second-order valence-electron chi connectivity index (χ2n) is 5.90. The third kappa shape index (κ3) is 3.01. The molecule has 0 heterocycles. The first-order chi connectivity index (χ1) is 8.11. The van der Waals surface area contributed by atoms with Gasteiger partial charge in [0.1, 0.15) is 0 Å². The monoisotopic (exact) mass is 239 g/mol. The summed E-state index contributed by atoms with van der Waals surface area (Å²) >= 11 is 0. The number of carboxylic acids is 1. The maximum absolute atomic E-state index is 11.5. The predicted octanol–water partition coefficient (Wildman–Crippen LogP) is 2.75. The molecule has 0 saturated heterocycles. The lowest BCUT2D eigenvalue weighted by Gasteiger charge is -2.34. The number of carbonyl (C=O) groups is 1. The Morgan fingerprint density at radius 2 is 1.82 bits per heavy atom. The number of hydrogen-bond donors (Lipinski definition) is 1. The lowest BCUT2D eigenvalue weighted by atomic mass is 9.81. The number of rotatable bonds is 8. The lowest BCUT2D eigenvalue weighted by molar-refractivity contribution is -0.151. The number of nitrogens with zero attached hydrogens (tertiary/aromatic N) is 1. The highest BCUT2D eigenvalue weighted by Crippen LogP contribution is 2.38. The number of aliphatic carboxylic acids is 1. The van der Waals surface area contributed by atoms with Crippen molar-refractivity contribution in [3.8, 4) is 0 Å². The molecule has 0 spiro atoms. The molecule has 17 heavy (non-hydrogen) atoms. The Hall–Kier alpha value is -0.570. The van der Waals surface area contributed by atoms with Crippen molar-refractivity contribution in [2.24, 2.45) is 11.3 Å². The van der Waals surface area contributed by atoms with Crippen LogP contribution in [-0.4, -0.2) is 35.1 Å². The molecular formula is C14H25NO2. The molecule has 0 radical (unpaired) electrons. The minimum Gasteiger partial charge on any atom is -0.481 e. The fourth-order valence-electron chi connectivity index (χ4n) is 2.65. The first kappa shape index (κ1) is 12.9. The molecule has 2 rings (SSSR count). The molecule has 1 N–H and O–H groups in total. The van der Waals surface area contributed by atoms with Crippen LogP contribution < -0.4 is 0 Å². The van der Waals surface area contributed by atoms with Crippen LogP contribution in [0.25, 0.3) is 0 Å². The molecular weight excluding hydrogens is 214 g/mol. The third-order valence-electron chi connectivity index (χ3n) is 4.57. The Balaban J connectivity index is 1.99. The van der Waals surface area contributed by atoms with Gasteiger partial charge in [-0.1, -0.05) is 13.8 Å². The molecule has 0 bridgehead atoms. The van der Waals surface area contributed by atoms with E-state index >= 15 is 0 Å². The smallest absolute Gasteiger partial charge is 0.310 e. The zero-order chi connectivity index (χ0) is 12.5. The first-order valence-electron chi connectivity index (χ1n) is 7.08. The minimum atomic E-state index is -0.607. The molecule has 0 aliphatic heterocycles. The molecule has 2 fully saturated rings. The van der Waals surface area contributed by atoms with Crippen LogP contribution in [0.5, 0.6) is 0 Å². The van der Waals surface area contributed by atoms with Crippen LogP contribution in [0.4, 0.5) is 0 Å². The van der Waals surface area contributed by atoms with Gasteiger partial charge >= 0.3 is 5.97 Å². The van der Waals surface area contributed by atoms with Gasteiger partial charge in [-0.15, -0.1) is 0 Å². The van der Waals surface area contributed by atoms with Crippen molar-refractivity contribution >= 4 is 5.97 Å². The Bertz CT molecular complexity index is 278. The molecule has 2 aliphatic rings. The third-order valence-corrected chi connectivity index (χ3v) is 4.57. The topological polar surface area (TPSA) is 40.5 Å². The zero-order valence-electron chi connectivity index (χ0n) is 11.1. The van der Waals surface area contributed by atoms with Gasteiger partial charge in [0, 0.05) is 19.1 Å². The summed E-state index contributed by atoms with van der Waals surface area (Å²) in [7, 11) is 0. The van der Waals surface area contributed by atoms with Gasteiger partial charge in [0.2, 0.25) is 0 Å². The lowest BCUT2D eigenvalue weighted by Crippen LogP contribution is -2.44. The van der Waals surface area contributed by atoms with Crippen LogP contribution in [-0.2, 0) is 4.79 Å². The molecule has 0 aromatic carbocycles. The summed E-state index contributed by atoms with van der Waals surface area (Å²) in [6.45, 7) is 5.93. The highest BCUT2D eigenvalue weighted by atomic mass is 16.4. The molecule has 3 nitrogen and oxygen atoms in total. The summed E-state index contributed by atoms with van der Waals surface area (Å²) in [5, 5.41) is 9.50. The van der Waals surface area contributed by atoms with Gasteiger partial charge < -0.3 is 5.11 Å². The quantitative estimate of drug-likeness (QED) is 0.708. The highest BCUT2D eigenvalue weighted by molar-refractivity contribution is 5.74. The maximum atomic E-state index is 11.5. The van der Waals surface area contributed by atoms with Crippen molar-refractivity contribution in [2.45, 2.75) is 58.4 Å². The molecule has 3 heteroatoms. The van der Waals surface area contributed by atoms with E-state index < -0.39 is 11.4 Å². The second kappa shape index (κ2) is 4.97. The van der Waals surface area contributed by atoms with Crippen molar-refractivity contribution in [1.82, 2.24) is 4.90 Å². The molecule has 0 atom stereocenters. The second-order valence-corrected chi connectivity index (χ2v) is 5.90. The molecule has 0 amide bonds. The zero-order valence-corrected chi connectivity index (χ0v) is 11.1. The van der Waals surface area contributed by atoms with Gasteiger partial charge in [-0.05, 0) is 44.4 Å². The van der Waals surface area contributed by atoms with E-state index in [2.05, 4.69) is 4.90 Å². The van der Waals surface area contributed by atoms with Crippen LogP contribution in [0, 0.1) is 11.3 Å². The fraction of sp³-hybridized carbons (Fsp3) is 0.929. The van der Waals surface area contributed by atoms with Crippen molar-refractivity contribution in [3.63, 3.8) is 0 Å². The van der Waals surface area contributed by atoms with Crippen LogP contribution in [0.1, 0.15) is 52.4 Å². The summed E-state index contributed by atoms with van der Waals surface area (Å²) in [6, 6.07) is 0.687. The predicted molar refractivity (Wildman–Crippen MR) is 68.0 cm³/mol. The van der Waals surface area contributed by atoms with E-state index in [0.717, 1.165) is 31.8 Å². The summed E-state index contributed by atoms with van der Waals surface area (Å²) < 4.78 is 0. The molecule has 98 valence electrons. The van der Waals surface area contributed by atoms with Gasteiger partial charge in [-0.25, -0.2) is 0 Å². The molecule has 2 saturated carbocycles. The van der Waals surface area contributed by atoms with Crippen molar-refractivity contribution in [2.75, 3.05) is 13.1 Å². The maximum Gasteiger partial charge on any atom is 0.310 e. The summed E-state index contributed by atoms with van der Waals surface area (Å²) in [5.41, 5.74) is -0.516. The first-order valence-corrected chi connectivity index (χ1v) is 7.08. The molecule has 2 aliphatic carbocycles. The highest BCUT2D eigenvalue weighted by Gasteiger charge is 2.42. The van der Waals surface area contributed by atoms with E-state index in [0.29, 0.717) is 6.04 Å². The van der Waals surface area contributed by atoms with Crippen molar-refractivity contribution in [1.29, 1.82) is 0 Å². The van der Waals surface area contributed by atoms with Crippen molar-refractivity contribution < 1.29 is 9.90 Å². The molecule has 0 aromatic rings. The number of hydrogen-bond acceptors (Lipinski definition) is 2. The van der Waals surface area contributed by atoms with Gasteiger partial charge in [0.05, 0.1) is 5.41 Å². The van der Waals surface area contributed by atoms with Crippen LogP contribution >= 0.6 is 0 Å². The molecule has 0 aromatic heterocycles. The Kier molecular flexibility index (Phi) is 3.76. The van der Waals surface area contributed by atoms with Gasteiger partial charge in [0.25, 0.3) is 0 Å². The number of carboxylic acid groups (broad SMARTS) is 1. The van der Waals surface area contributed by atoms with Gasteiger partial charge in [-0.3, -0.25) is 9.69 Å². The largest absolute Gasteiger partial charge is 0.481 e. The fourth-order valence-corrected chi connectivity index (χ4v) is 2.65. The van der Waals surface area contributed by atoms with Gasteiger partial charge in [-0.2, -0.15) is 0 Å². The van der Waals surface area contributed by atoms with E-state index in [-0.39, 0.29) is 0 Å². The Morgan fingerprint density at radius 1 is 1.24 bits per heavy atom. The van der Waals surface area contributed by atoms with Crippen LogP contribution in [0.3, 0.4) is 0 Å².